The minimum atomic E-state index is -0.337. The van der Waals surface area contributed by atoms with Crippen molar-refractivity contribution in [2.24, 2.45) is 0 Å². The fraction of sp³-hybridized carbons (Fsp3) is 0.292. The lowest BCUT2D eigenvalue weighted by atomic mass is 9.96. The SMILES string of the molecule is COc1ccc(C(=O)N2CCC[C@@H](c3nc4c(nnn4Cc4cccc(Cl)c4)c(=O)[nH]3)C2)cc1. The third kappa shape index (κ3) is 4.38. The Labute approximate surface area is 200 Å². The van der Waals surface area contributed by atoms with Gasteiger partial charge in [0.2, 0.25) is 0 Å². The lowest BCUT2D eigenvalue weighted by molar-refractivity contribution is 0.0704. The Balaban J connectivity index is 1.40. The summed E-state index contributed by atoms with van der Waals surface area (Å²) in [6.45, 7) is 1.51. The molecule has 10 heteroatoms. The van der Waals surface area contributed by atoms with Crippen LogP contribution in [-0.2, 0) is 6.54 Å². The Morgan fingerprint density at radius 3 is 2.82 bits per heavy atom. The number of aromatic nitrogens is 5. The number of hydrogen-bond acceptors (Lipinski definition) is 6. The van der Waals surface area contributed by atoms with Crippen molar-refractivity contribution in [3.05, 3.63) is 80.9 Å². The van der Waals surface area contributed by atoms with Gasteiger partial charge in [-0.2, -0.15) is 0 Å². The zero-order valence-electron chi connectivity index (χ0n) is 18.6. The molecule has 3 heterocycles. The van der Waals surface area contributed by atoms with Crippen LogP contribution in [0.25, 0.3) is 11.2 Å². The number of nitrogens with one attached hydrogen (secondary N) is 1. The van der Waals surface area contributed by atoms with Gasteiger partial charge in [-0.05, 0) is 54.8 Å². The molecule has 1 amide bonds. The number of halogens is 1. The Kier molecular flexibility index (Phi) is 6.02. The number of H-pyrrole nitrogens is 1. The monoisotopic (exact) mass is 478 g/mol. The van der Waals surface area contributed by atoms with Gasteiger partial charge in [0.05, 0.1) is 13.7 Å². The van der Waals surface area contributed by atoms with Gasteiger partial charge in [-0.3, -0.25) is 9.59 Å². The Morgan fingerprint density at radius 1 is 1.24 bits per heavy atom. The van der Waals surface area contributed by atoms with Crippen LogP contribution in [0.2, 0.25) is 5.02 Å². The highest BCUT2D eigenvalue weighted by Gasteiger charge is 2.28. The van der Waals surface area contributed by atoms with E-state index in [4.69, 9.17) is 21.3 Å². The average Bonchev–Trinajstić information content (AvgIpc) is 3.27. The van der Waals surface area contributed by atoms with Crippen LogP contribution in [0.5, 0.6) is 5.75 Å². The Morgan fingerprint density at radius 2 is 2.06 bits per heavy atom. The summed E-state index contributed by atoms with van der Waals surface area (Å²) in [7, 11) is 1.59. The molecule has 0 aliphatic carbocycles. The summed E-state index contributed by atoms with van der Waals surface area (Å²) in [6.07, 6.45) is 1.63. The number of carbonyl (C=O) groups excluding carboxylic acids is 1. The smallest absolute Gasteiger partial charge is 0.281 e. The lowest BCUT2D eigenvalue weighted by Crippen LogP contribution is -2.40. The first kappa shape index (κ1) is 22.1. The molecular weight excluding hydrogens is 456 g/mol. The summed E-state index contributed by atoms with van der Waals surface area (Å²) in [5, 5.41) is 8.77. The molecule has 1 N–H and O–H groups in total. The minimum absolute atomic E-state index is 0.0524. The van der Waals surface area contributed by atoms with Gasteiger partial charge in [-0.25, -0.2) is 9.67 Å². The van der Waals surface area contributed by atoms with Crippen LogP contribution >= 0.6 is 11.6 Å². The van der Waals surface area contributed by atoms with Gasteiger partial charge in [-0.15, -0.1) is 5.10 Å². The molecule has 1 aliphatic rings. The number of nitrogens with zero attached hydrogens (tertiary/aromatic N) is 5. The number of rotatable bonds is 5. The van der Waals surface area contributed by atoms with Crippen molar-refractivity contribution in [3.8, 4) is 5.75 Å². The fourth-order valence-electron chi connectivity index (χ4n) is 4.29. The second-order valence-corrected chi connectivity index (χ2v) is 8.76. The van der Waals surface area contributed by atoms with Crippen molar-refractivity contribution >= 4 is 28.7 Å². The van der Waals surface area contributed by atoms with Crippen molar-refractivity contribution in [2.45, 2.75) is 25.3 Å². The van der Waals surface area contributed by atoms with Gasteiger partial charge < -0.3 is 14.6 Å². The van der Waals surface area contributed by atoms with Crippen LogP contribution in [0.4, 0.5) is 0 Å². The maximum absolute atomic E-state index is 13.1. The van der Waals surface area contributed by atoms with Crippen LogP contribution in [0, 0.1) is 0 Å². The zero-order valence-corrected chi connectivity index (χ0v) is 19.3. The molecule has 1 aliphatic heterocycles. The first-order chi connectivity index (χ1) is 16.5. The minimum Gasteiger partial charge on any atom is -0.497 e. The van der Waals surface area contributed by atoms with Crippen LogP contribution < -0.4 is 10.3 Å². The molecule has 34 heavy (non-hydrogen) atoms. The number of benzene rings is 2. The maximum atomic E-state index is 13.1. The Bertz CT molecular complexity index is 1400. The van der Waals surface area contributed by atoms with E-state index in [9.17, 15) is 9.59 Å². The highest BCUT2D eigenvalue weighted by atomic mass is 35.5. The van der Waals surface area contributed by atoms with Crippen LogP contribution in [0.15, 0.2) is 53.3 Å². The third-order valence-corrected chi connectivity index (χ3v) is 6.28. The molecule has 4 aromatic rings. The van der Waals surface area contributed by atoms with Crippen molar-refractivity contribution in [1.29, 1.82) is 0 Å². The number of fused-ring (bicyclic) bond motifs is 1. The number of likely N-dealkylation sites (tertiary alicyclic amines) is 1. The van der Waals surface area contributed by atoms with E-state index >= 15 is 0 Å². The first-order valence-electron chi connectivity index (χ1n) is 11.0. The molecule has 2 aromatic heterocycles. The maximum Gasteiger partial charge on any atom is 0.281 e. The molecule has 1 atom stereocenters. The molecular formula is C24H23ClN6O3. The molecule has 0 spiro atoms. The average molecular weight is 479 g/mol. The number of methoxy groups -OCH3 is 1. The van der Waals surface area contributed by atoms with Gasteiger partial charge in [-0.1, -0.05) is 28.9 Å². The molecule has 0 radical (unpaired) electrons. The molecule has 5 rings (SSSR count). The second kappa shape index (κ2) is 9.26. The third-order valence-electron chi connectivity index (χ3n) is 6.05. The van der Waals surface area contributed by atoms with Gasteiger partial charge in [0, 0.05) is 29.6 Å². The van der Waals surface area contributed by atoms with E-state index in [2.05, 4.69) is 15.3 Å². The number of carbonyl (C=O) groups is 1. The van der Waals surface area contributed by atoms with Crippen molar-refractivity contribution in [1.82, 2.24) is 29.9 Å². The van der Waals surface area contributed by atoms with Gasteiger partial charge in [0.1, 0.15) is 11.6 Å². The number of aromatic amines is 1. The number of piperidine rings is 1. The van der Waals surface area contributed by atoms with E-state index in [0.29, 0.717) is 47.4 Å². The largest absolute Gasteiger partial charge is 0.497 e. The number of hydrogen-bond donors (Lipinski definition) is 1. The van der Waals surface area contributed by atoms with Gasteiger partial charge in [0.15, 0.2) is 11.2 Å². The summed E-state index contributed by atoms with van der Waals surface area (Å²) in [5.41, 5.74) is 1.79. The predicted octanol–water partition coefficient (Wildman–Crippen LogP) is 3.24. The van der Waals surface area contributed by atoms with Crippen LogP contribution in [0.3, 0.4) is 0 Å². The quantitative estimate of drug-likeness (QED) is 0.472. The van der Waals surface area contributed by atoms with E-state index in [1.165, 1.54) is 0 Å². The summed E-state index contributed by atoms with van der Waals surface area (Å²) < 4.78 is 6.78. The number of amides is 1. The summed E-state index contributed by atoms with van der Waals surface area (Å²) >= 11 is 6.10. The van der Waals surface area contributed by atoms with Crippen molar-refractivity contribution in [3.63, 3.8) is 0 Å². The summed E-state index contributed by atoms with van der Waals surface area (Å²) in [6, 6.07) is 14.5. The van der Waals surface area contributed by atoms with Gasteiger partial charge in [0.25, 0.3) is 11.5 Å². The molecule has 2 aromatic carbocycles. The molecule has 174 valence electrons. The molecule has 0 saturated carbocycles. The van der Waals surface area contributed by atoms with Crippen LogP contribution in [0.1, 0.15) is 40.5 Å². The van der Waals surface area contributed by atoms with E-state index in [-0.39, 0.29) is 22.9 Å². The zero-order chi connectivity index (χ0) is 23.7. The van der Waals surface area contributed by atoms with E-state index < -0.39 is 0 Å². The number of ether oxygens (including phenoxy) is 1. The summed E-state index contributed by atoms with van der Waals surface area (Å²) in [4.78, 5) is 35.2. The Hall–Kier alpha value is -3.72. The van der Waals surface area contributed by atoms with E-state index in [1.807, 2.05) is 23.1 Å². The van der Waals surface area contributed by atoms with E-state index in [0.717, 1.165) is 18.4 Å². The highest BCUT2D eigenvalue weighted by Crippen LogP contribution is 2.26. The second-order valence-electron chi connectivity index (χ2n) is 8.32. The first-order valence-corrected chi connectivity index (χ1v) is 11.4. The van der Waals surface area contributed by atoms with Crippen molar-refractivity contribution < 1.29 is 9.53 Å². The molecule has 1 saturated heterocycles. The molecule has 0 unspecified atom stereocenters. The normalized spacial score (nSPS) is 16.1. The van der Waals surface area contributed by atoms with Gasteiger partial charge >= 0.3 is 0 Å². The van der Waals surface area contributed by atoms with Crippen LogP contribution in [-0.4, -0.2) is 56.0 Å². The standard InChI is InChI=1S/C24H23ClN6O3/c1-34-19-9-7-16(8-10-19)24(33)30-11-3-5-17(14-30)21-26-22-20(23(32)27-21)28-29-31(22)13-15-4-2-6-18(25)12-15/h2,4,6-10,12,17H,3,5,11,13-14H2,1H3,(H,26,27,32)/t17-/m1/s1. The fourth-order valence-corrected chi connectivity index (χ4v) is 4.51. The molecule has 0 bridgehead atoms. The summed E-state index contributed by atoms with van der Waals surface area (Å²) in [5.74, 6) is 1.09. The lowest BCUT2D eigenvalue weighted by Gasteiger charge is -2.32. The molecule has 9 nitrogen and oxygen atoms in total. The topological polar surface area (TPSA) is 106 Å². The molecule has 1 fully saturated rings. The predicted molar refractivity (Wildman–Crippen MR) is 127 cm³/mol. The highest BCUT2D eigenvalue weighted by molar-refractivity contribution is 6.30. The van der Waals surface area contributed by atoms with Crippen molar-refractivity contribution in [2.75, 3.05) is 20.2 Å². The van der Waals surface area contributed by atoms with E-state index in [1.54, 1.807) is 42.1 Å².